The zero-order chi connectivity index (χ0) is 49.7. The van der Waals surface area contributed by atoms with Crippen LogP contribution in [0.1, 0.15) is 149 Å². The van der Waals surface area contributed by atoms with Gasteiger partial charge in [0.2, 0.25) is 5.91 Å². The van der Waals surface area contributed by atoms with Gasteiger partial charge in [-0.05, 0) is 93.0 Å². The summed E-state index contributed by atoms with van der Waals surface area (Å²) in [5.41, 5.74) is 6.34. The van der Waals surface area contributed by atoms with Crippen molar-refractivity contribution in [2.24, 2.45) is 0 Å². The fourth-order valence-electron chi connectivity index (χ4n) is 8.55. The topological polar surface area (TPSA) is 187 Å². The molecular weight excluding hydrogens is 885 g/mol. The first-order valence-electron chi connectivity index (χ1n) is 25.0. The Morgan fingerprint density at radius 1 is 0.614 bits per heavy atom. The van der Waals surface area contributed by atoms with Crippen molar-refractivity contribution < 1.29 is 38.3 Å². The zero-order valence-corrected chi connectivity index (χ0v) is 40.6. The van der Waals surface area contributed by atoms with Crippen molar-refractivity contribution >= 4 is 52.4 Å². The SMILES string of the molecule is CCC(=O)CCCCC(=O)N1Cc2ccccc2-c2nnn(CCCCC(NC(=O)c3ccc(NC(=O)c4ccccc4)cc3)C(=O)CCCCCCCOC(=O)CCC(=O)CC)c2-c2ccccc21. The van der Waals surface area contributed by atoms with E-state index >= 15 is 0 Å². The van der Waals surface area contributed by atoms with E-state index in [0.29, 0.717) is 107 Å². The third-order valence-electron chi connectivity index (χ3n) is 12.7. The molecule has 1 aromatic heterocycles. The number of unbranched alkanes of at least 4 members (excludes halogenated alkanes) is 6. The number of nitrogens with zero attached hydrogens (tertiary/aromatic N) is 4. The molecule has 368 valence electrons. The Hall–Kier alpha value is -7.09. The highest BCUT2D eigenvalue weighted by atomic mass is 16.5. The quantitative estimate of drug-likeness (QED) is 0.0361. The van der Waals surface area contributed by atoms with E-state index in [9.17, 15) is 33.6 Å². The number of amides is 3. The number of aryl methyl sites for hydroxylation is 1. The van der Waals surface area contributed by atoms with Gasteiger partial charge in [-0.15, -0.1) is 5.10 Å². The van der Waals surface area contributed by atoms with Crippen LogP contribution in [0.25, 0.3) is 22.5 Å². The van der Waals surface area contributed by atoms with Gasteiger partial charge in [0.25, 0.3) is 11.8 Å². The number of ketones is 3. The molecule has 70 heavy (non-hydrogen) atoms. The van der Waals surface area contributed by atoms with Gasteiger partial charge in [-0.3, -0.25) is 33.6 Å². The highest BCUT2D eigenvalue weighted by Crippen LogP contribution is 2.41. The minimum absolute atomic E-state index is 0.0199. The Kier molecular flexibility index (Phi) is 20.3. The van der Waals surface area contributed by atoms with Gasteiger partial charge in [0.15, 0.2) is 5.78 Å². The highest BCUT2D eigenvalue weighted by Gasteiger charge is 2.29. The van der Waals surface area contributed by atoms with Crippen LogP contribution in [-0.2, 0) is 41.8 Å². The molecule has 0 spiro atoms. The number of Topliss-reactive ketones (excluding diaryl/α,β-unsaturated/α-hetero) is 3. The van der Waals surface area contributed by atoms with E-state index in [1.165, 1.54) is 0 Å². The third-order valence-corrected chi connectivity index (χ3v) is 12.7. The number of ether oxygens (including phenoxy) is 1. The summed E-state index contributed by atoms with van der Waals surface area (Å²) in [6, 6.07) is 30.4. The molecule has 14 nitrogen and oxygen atoms in total. The van der Waals surface area contributed by atoms with Gasteiger partial charge in [-0.1, -0.05) is 99.0 Å². The first-order valence-corrected chi connectivity index (χ1v) is 25.0. The smallest absolute Gasteiger partial charge is 0.306 e. The number of esters is 1. The molecule has 3 amide bonds. The van der Waals surface area contributed by atoms with Crippen LogP contribution < -0.4 is 15.5 Å². The van der Waals surface area contributed by atoms with Crippen molar-refractivity contribution in [2.45, 2.75) is 142 Å². The molecular formula is C56H66N6O8. The molecule has 0 saturated heterocycles. The average Bonchev–Trinajstić information content (AvgIpc) is 3.80. The maximum absolute atomic E-state index is 14.0. The third kappa shape index (κ3) is 15.2. The number of carbonyl (C=O) groups is 7. The van der Waals surface area contributed by atoms with Crippen molar-refractivity contribution in [1.82, 2.24) is 20.3 Å². The van der Waals surface area contributed by atoms with Crippen molar-refractivity contribution in [3.63, 3.8) is 0 Å². The largest absolute Gasteiger partial charge is 0.466 e. The molecule has 14 heteroatoms. The number of rotatable bonds is 28. The molecule has 5 aromatic rings. The number of hydrogen-bond acceptors (Lipinski definition) is 10. The second kappa shape index (κ2) is 27.2. The lowest BCUT2D eigenvalue weighted by atomic mass is 9.95. The molecule has 6 rings (SSSR count). The van der Waals surface area contributed by atoms with Crippen molar-refractivity contribution in [1.29, 1.82) is 0 Å². The van der Waals surface area contributed by atoms with Gasteiger partial charge >= 0.3 is 5.97 Å². The minimum Gasteiger partial charge on any atom is -0.466 e. The zero-order valence-electron chi connectivity index (χ0n) is 40.6. The number of benzene rings is 4. The molecule has 2 N–H and O–H groups in total. The molecule has 0 saturated carbocycles. The fraction of sp³-hybridized carbons (Fsp3) is 0.411. The number of hydrogen-bond donors (Lipinski definition) is 2. The summed E-state index contributed by atoms with van der Waals surface area (Å²) < 4.78 is 7.14. The van der Waals surface area contributed by atoms with Crippen LogP contribution in [0.3, 0.4) is 0 Å². The van der Waals surface area contributed by atoms with E-state index < -0.39 is 11.9 Å². The summed E-state index contributed by atoms with van der Waals surface area (Å²) >= 11 is 0. The average molecular weight is 951 g/mol. The maximum atomic E-state index is 14.0. The van der Waals surface area contributed by atoms with E-state index in [1.807, 2.05) is 71.1 Å². The molecule has 1 aliphatic heterocycles. The Balaban J connectivity index is 1.10. The van der Waals surface area contributed by atoms with E-state index in [2.05, 4.69) is 15.8 Å². The minimum atomic E-state index is -0.743. The summed E-state index contributed by atoms with van der Waals surface area (Å²) in [5.74, 6) is -0.868. The van der Waals surface area contributed by atoms with Crippen LogP contribution in [0.2, 0.25) is 0 Å². The number of anilines is 2. The number of carbonyl (C=O) groups excluding carboxylic acids is 7. The lowest BCUT2D eigenvalue weighted by Crippen LogP contribution is -2.40. The van der Waals surface area contributed by atoms with Gasteiger partial charge in [0.1, 0.15) is 17.3 Å². The van der Waals surface area contributed by atoms with Gasteiger partial charge in [0, 0.05) is 73.0 Å². The van der Waals surface area contributed by atoms with E-state index in [0.717, 1.165) is 53.0 Å². The van der Waals surface area contributed by atoms with Crippen molar-refractivity contribution in [3.8, 4) is 22.5 Å². The summed E-state index contributed by atoms with van der Waals surface area (Å²) in [7, 11) is 0. The van der Waals surface area contributed by atoms with Crippen molar-refractivity contribution in [3.05, 3.63) is 120 Å². The first kappa shape index (κ1) is 52.3. The molecule has 1 unspecified atom stereocenters. The standard InChI is InChI=1S/C56H66N6O8/c1-3-44(63)24-13-17-30-51(66)61-39-42-23-12-14-25-46(42)53-54(47-26-15-16-28-49(47)61)62(60-59-53)37-19-18-27-48(50(65)29-11-6-5-7-20-38-70-52(67)36-35-45(64)4-2)58-56(69)41-31-33-43(34-32-41)57-55(68)40-21-9-8-10-22-40/h8-10,12,14-16,21-23,25-26,28,31-34,48H,3-7,11,13,17-20,24,27,29-30,35-39H2,1-2H3,(H,57,68)(H,58,69). The van der Waals surface area contributed by atoms with Gasteiger partial charge in [0.05, 0.1) is 37.0 Å². The Morgan fingerprint density at radius 2 is 1.26 bits per heavy atom. The lowest BCUT2D eigenvalue weighted by Gasteiger charge is -2.29. The number of aromatic nitrogens is 3. The van der Waals surface area contributed by atoms with Gasteiger partial charge < -0.3 is 20.3 Å². The first-order chi connectivity index (χ1) is 34.1. The molecule has 0 bridgehead atoms. The second-order valence-corrected chi connectivity index (χ2v) is 17.8. The Morgan fingerprint density at radius 3 is 2.03 bits per heavy atom. The summed E-state index contributed by atoms with van der Waals surface area (Å²) in [6.07, 6.45) is 8.99. The highest BCUT2D eigenvalue weighted by molar-refractivity contribution is 6.05. The number of nitrogens with one attached hydrogen (secondary N) is 2. The van der Waals surface area contributed by atoms with Gasteiger partial charge in [-0.25, -0.2) is 4.68 Å². The lowest BCUT2D eigenvalue weighted by molar-refractivity contribution is -0.145. The summed E-state index contributed by atoms with van der Waals surface area (Å²) in [5, 5.41) is 15.2. The molecule has 4 aromatic carbocycles. The van der Waals surface area contributed by atoms with Crippen molar-refractivity contribution in [2.75, 3.05) is 16.8 Å². The van der Waals surface area contributed by atoms with E-state index in [4.69, 9.17) is 9.84 Å². The van der Waals surface area contributed by atoms with Crippen LogP contribution >= 0.6 is 0 Å². The summed E-state index contributed by atoms with van der Waals surface area (Å²) in [4.78, 5) is 91.5. The molecule has 1 atom stereocenters. The maximum Gasteiger partial charge on any atom is 0.306 e. The van der Waals surface area contributed by atoms with E-state index in [1.54, 1.807) is 55.5 Å². The van der Waals surface area contributed by atoms with Crippen LogP contribution in [-0.4, -0.2) is 68.7 Å². The number of para-hydroxylation sites is 1. The molecule has 1 aliphatic rings. The molecule has 0 fully saturated rings. The predicted octanol–water partition coefficient (Wildman–Crippen LogP) is 10.4. The normalized spacial score (nSPS) is 12.1. The summed E-state index contributed by atoms with van der Waals surface area (Å²) in [6.45, 7) is 4.76. The monoisotopic (exact) mass is 950 g/mol. The molecule has 2 heterocycles. The van der Waals surface area contributed by atoms with Gasteiger partial charge in [-0.2, -0.15) is 0 Å². The molecule has 0 aliphatic carbocycles. The fourth-order valence-corrected chi connectivity index (χ4v) is 8.55. The molecule has 0 radical (unpaired) electrons. The Labute approximate surface area is 411 Å². The number of fused-ring (bicyclic) bond motifs is 5. The van der Waals surface area contributed by atoms with Crippen LogP contribution in [0.15, 0.2) is 103 Å². The van der Waals surface area contributed by atoms with Crippen LogP contribution in [0, 0.1) is 0 Å². The second-order valence-electron chi connectivity index (χ2n) is 17.8. The Bertz CT molecular complexity index is 2570. The van der Waals surface area contributed by atoms with E-state index in [-0.39, 0.29) is 54.4 Å². The predicted molar refractivity (Wildman–Crippen MR) is 270 cm³/mol. The van der Waals surface area contributed by atoms with Crippen LogP contribution in [0.5, 0.6) is 0 Å². The van der Waals surface area contributed by atoms with Crippen LogP contribution in [0.4, 0.5) is 11.4 Å².